The molecule has 0 spiro atoms. The number of alkyl halides is 1. The number of carbonyl (C=O) groups is 2. The molecule has 2 aromatic carbocycles. The number of carbonyl (C=O) groups excluding carboxylic acids is 2. The molecule has 1 aliphatic rings. The van der Waals surface area contributed by atoms with Crippen molar-refractivity contribution >= 4 is 40.4 Å². The van der Waals surface area contributed by atoms with Gasteiger partial charge in [0.25, 0.3) is 5.91 Å². The van der Waals surface area contributed by atoms with Gasteiger partial charge in [0, 0.05) is 36.2 Å². The lowest BCUT2D eigenvalue weighted by atomic mass is 10.0. The van der Waals surface area contributed by atoms with E-state index >= 15 is 0 Å². The minimum atomic E-state index is -0.782. The first-order valence-electron chi connectivity index (χ1n) is 12.2. The van der Waals surface area contributed by atoms with Crippen LogP contribution in [0.25, 0.3) is 0 Å². The molecular weight excluding hydrogens is 494 g/mol. The van der Waals surface area contributed by atoms with Crippen molar-refractivity contribution in [3.63, 3.8) is 0 Å². The minimum absolute atomic E-state index is 0.0872. The van der Waals surface area contributed by atoms with E-state index < -0.39 is 6.04 Å². The maximum absolute atomic E-state index is 14.0. The van der Waals surface area contributed by atoms with E-state index in [1.54, 1.807) is 24.3 Å². The van der Waals surface area contributed by atoms with Gasteiger partial charge in [-0.1, -0.05) is 38.1 Å². The van der Waals surface area contributed by atoms with Crippen molar-refractivity contribution in [1.82, 2.24) is 10.2 Å². The average Bonchev–Trinajstić information content (AvgIpc) is 3.42. The maximum atomic E-state index is 14.0. The van der Waals surface area contributed by atoms with Crippen LogP contribution in [0.4, 0.5) is 5.69 Å². The molecule has 0 aliphatic carbocycles. The van der Waals surface area contributed by atoms with Crippen LogP contribution >= 0.6 is 22.9 Å². The first-order valence-corrected chi connectivity index (χ1v) is 13.6. The smallest absolute Gasteiger partial charge is 0.251 e. The van der Waals surface area contributed by atoms with Gasteiger partial charge < -0.3 is 15.0 Å². The quantitative estimate of drug-likeness (QED) is 0.364. The fraction of sp³-hybridized carbons (Fsp3) is 0.357. The molecule has 1 saturated heterocycles. The molecule has 2 atom stereocenters. The van der Waals surface area contributed by atoms with Crippen LogP contribution in [0.2, 0.25) is 0 Å². The lowest BCUT2D eigenvalue weighted by molar-refractivity contribution is -0.135. The highest BCUT2D eigenvalue weighted by Gasteiger charge is 2.37. The summed E-state index contributed by atoms with van der Waals surface area (Å²) in [5, 5.41) is 5.45. The second kappa shape index (κ2) is 12.4. The second-order valence-electron chi connectivity index (χ2n) is 9.29. The molecule has 6 nitrogen and oxygen atoms in total. The average molecular weight is 526 g/mol. The van der Waals surface area contributed by atoms with E-state index in [1.807, 2.05) is 52.7 Å². The molecule has 1 aliphatic heterocycles. The lowest BCUT2D eigenvalue weighted by Crippen LogP contribution is -2.56. The molecule has 8 heteroatoms. The number of nitrogens with one attached hydrogen (secondary N) is 1. The third-order valence-corrected chi connectivity index (χ3v) is 7.26. The molecule has 36 heavy (non-hydrogen) atoms. The summed E-state index contributed by atoms with van der Waals surface area (Å²) < 4.78 is 5.91. The van der Waals surface area contributed by atoms with Crippen LogP contribution in [0.1, 0.15) is 31.2 Å². The Balaban J connectivity index is 1.63. The largest absolute Gasteiger partial charge is 0.457 e. The zero-order valence-corrected chi connectivity index (χ0v) is 22.2. The van der Waals surface area contributed by atoms with E-state index in [9.17, 15) is 9.59 Å². The summed E-state index contributed by atoms with van der Waals surface area (Å²) in [5.41, 5.74) is 0.599. The Morgan fingerprint density at radius 2 is 1.81 bits per heavy atom. The fourth-order valence-corrected chi connectivity index (χ4v) is 5.47. The fourth-order valence-electron chi connectivity index (χ4n) is 4.53. The highest BCUT2D eigenvalue weighted by Crippen LogP contribution is 2.34. The first-order chi connectivity index (χ1) is 17.5. The Bertz CT molecular complexity index is 1120. The number of nitrogens with zero attached hydrogens (tertiary/aromatic N) is 2. The number of anilines is 1. The maximum Gasteiger partial charge on any atom is 0.251 e. The molecular formula is C28H32ClN3O3S. The van der Waals surface area contributed by atoms with Gasteiger partial charge in [-0.25, -0.2) is 0 Å². The van der Waals surface area contributed by atoms with Gasteiger partial charge in [0.2, 0.25) is 5.91 Å². The predicted octanol–water partition coefficient (Wildman–Crippen LogP) is 5.70. The number of para-hydroxylation sites is 1. The van der Waals surface area contributed by atoms with E-state index in [-0.39, 0.29) is 23.7 Å². The van der Waals surface area contributed by atoms with Crippen LogP contribution in [0, 0.1) is 5.92 Å². The Hall–Kier alpha value is -2.87. The van der Waals surface area contributed by atoms with Crippen LogP contribution in [0.15, 0.2) is 72.1 Å². The molecule has 2 heterocycles. The van der Waals surface area contributed by atoms with Crippen molar-refractivity contribution in [2.24, 2.45) is 5.92 Å². The Morgan fingerprint density at radius 3 is 2.44 bits per heavy atom. The summed E-state index contributed by atoms with van der Waals surface area (Å²) in [5.74, 6) is 1.25. The van der Waals surface area contributed by atoms with E-state index in [0.717, 1.165) is 23.6 Å². The minimum Gasteiger partial charge on any atom is -0.457 e. The van der Waals surface area contributed by atoms with Gasteiger partial charge in [-0.2, -0.15) is 0 Å². The van der Waals surface area contributed by atoms with E-state index in [4.69, 9.17) is 16.3 Å². The third kappa shape index (κ3) is 6.46. The summed E-state index contributed by atoms with van der Waals surface area (Å²) in [6.07, 6.45) is 0.987. The van der Waals surface area contributed by atoms with Gasteiger partial charge in [0.1, 0.15) is 23.4 Å². The summed E-state index contributed by atoms with van der Waals surface area (Å²) in [7, 11) is 0. The molecule has 190 valence electrons. The molecule has 0 bridgehead atoms. The Morgan fingerprint density at radius 1 is 1.08 bits per heavy atom. The lowest BCUT2D eigenvalue weighted by Gasteiger charge is -2.39. The number of amides is 2. The highest BCUT2D eigenvalue weighted by atomic mass is 35.5. The molecule has 4 rings (SSSR count). The predicted molar refractivity (Wildman–Crippen MR) is 146 cm³/mol. The van der Waals surface area contributed by atoms with Crippen molar-refractivity contribution in [3.05, 3.63) is 77.0 Å². The molecule has 2 amide bonds. The van der Waals surface area contributed by atoms with Gasteiger partial charge in [0.15, 0.2) is 0 Å². The number of hydrogen-bond acceptors (Lipinski definition) is 5. The number of benzene rings is 2. The Labute approximate surface area is 221 Å². The van der Waals surface area contributed by atoms with Gasteiger partial charge in [-0.15, -0.1) is 22.9 Å². The number of rotatable bonds is 9. The van der Waals surface area contributed by atoms with Crippen molar-refractivity contribution in [2.75, 3.05) is 30.4 Å². The van der Waals surface area contributed by atoms with E-state index in [1.165, 1.54) is 16.2 Å². The van der Waals surface area contributed by atoms with Crippen LogP contribution < -0.4 is 15.0 Å². The number of piperazine rings is 1. The molecule has 0 radical (unpaired) electrons. The topological polar surface area (TPSA) is 61.9 Å². The van der Waals surface area contributed by atoms with Crippen molar-refractivity contribution in [2.45, 2.75) is 32.4 Å². The van der Waals surface area contributed by atoms with E-state index in [0.29, 0.717) is 30.4 Å². The van der Waals surface area contributed by atoms with Crippen LogP contribution in [-0.4, -0.2) is 48.3 Å². The third-order valence-electron chi connectivity index (χ3n) is 6.10. The zero-order chi connectivity index (χ0) is 25.5. The SMILES string of the molecule is CC(C)CC1CN(C(=O)C(c2cccs2)N(C(=O)CCl)c2ccc(Oc3ccccc3)cc2)CCN1. The van der Waals surface area contributed by atoms with Crippen molar-refractivity contribution in [1.29, 1.82) is 0 Å². The highest BCUT2D eigenvalue weighted by molar-refractivity contribution is 7.10. The van der Waals surface area contributed by atoms with Crippen LogP contribution in [-0.2, 0) is 9.59 Å². The number of hydrogen-bond donors (Lipinski definition) is 1. The standard InChI is InChI=1S/C28H32ClN3O3S/c1-20(2)17-21-19-31(15-14-30-21)28(34)27(25-9-6-16-36-25)32(26(33)18-29)22-10-12-24(13-11-22)35-23-7-4-3-5-8-23/h3-13,16,20-21,27,30H,14-15,17-19H2,1-2H3. The van der Waals surface area contributed by atoms with Crippen LogP contribution in [0.3, 0.4) is 0 Å². The van der Waals surface area contributed by atoms with Crippen molar-refractivity contribution < 1.29 is 14.3 Å². The first kappa shape index (κ1) is 26.2. The summed E-state index contributed by atoms with van der Waals surface area (Å²) in [6.45, 7) is 6.31. The molecule has 3 aromatic rings. The van der Waals surface area contributed by atoms with Crippen LogP contribution in [0.5, 0.6) is 11.5 Å². The molecule has 2 unspecified atom stereocenters. The van der Waals surface area contributed by atoms with Gasteiger partial charge in [-0.05, 0) is 60.2 Å². The normalized spacial score (nSPS) is 16.6. The van der Waals surface area contributed by atoms with Gasteiger partial charge in [0.05, 0.1) is 0 Å². The molecule has 0 saturated carbocycles. The molecule has 1 fully saturated rings. The number of thiophene rings is 1. The molecule has 1 aromatic heterocycles. The second-order valence-corrected chi connectivity index (χ2v) is 10.5. The van der Waals surface area contributed by atoms with Gasteiger partial charge in [-0.3, -0.25) is 14.5 Å². The summed E-state index contributed by atoms with van der Waals surface area (Å²) in [6, 6.07) is 20.0. The number of ether oxygens (including phenoxy) is 1. The zero-order valence-electron chi connectivity index (χ0n) is 20.6. The summed E-state index contributed by atoms with van der Waals surface area (Å²) in [4.78, 5) is 31.4. The monoisotopic (exact) mass is 525 g/mol. The van der Waals surface area contributed by atoms with Crippen molar-refractivity contribution in [3.8, 4) is 11.5 Å². The van der Waals surface area contributed by atoms with E-state index in [2.05, 4.69) is 19.2 Å². The number of halogens is 1. The molecule has 1 N–H and O–H groups in total. The Kier molecular flexibility index (Phi) is 9.02. The summed E-state index contributed by atoms with van der Waals surface area (Å²) >= 11 is 7.53. The van der Waals surface area contributed by atoms with Gasteiger partial charge >= 0.3 is 0 Å².